The molecule has 0 aromatic heterocycles. The topological polar surface area (TPSA) is 149 Å². The van der Waals surface area contributed by atoms with Gasteiger partial charge in [-0.05, 0) is 44.9 Å². The molecule has 0 radical (unpaired) electrons. The molecule has 1 rings (SSSR count). The van der Waals surface area contributed by atoms with Crippen LogP contribution in [0.1, 0.15) is 206 Å². The Bertz CT molecular complexity index is 1210. The van der Waals surface area contributed by atoms with E-state index in [9.17, 15) is 30.3 Å². The number of rotatable bonds is 42. The van der Waals surface area contributed by atoms with Gasteiger partial charge in [0.25, 0.3) is 0 Å². The van der Waals surface area contributed by atoms with E-state index >= 15 is 0 Å². The fourth-order valence-corrected chi connectivity index (χ4v) is 7.75. The van der Waals surface area contributed by atoms with Crippen LogP contribution in [-0.4, -0.2) is 87.5 Å². The molecule has 9 heteroatoms. The second kappa shape index (κ2) is 43.5. The van der Waals surface area contributed by atoms with Crippen LogP contribution in [0.2, 0.25) is 0 Å². The summed E-state index contributed by atoms with van der Waals surface area (Å²) >= 11 is 0. The molecule has 0 spiro atoms. The first-order valence-corrected chi connectivity index (χ1v) is 25.7. The van der Waals surface area contributed by atoms with Crippen molar-refractivity contribution in [3.8, 4) is 0 Å². The van der Waals surface area contributed by atoms with Gasteiger partial charge in [-0.25, -0.2) is 0 Å². The van der Waals surface area contributed by atoms with Crippen molar-refractivity contribution in [1.29, 1.82) is 0 Å². The number of unbranched alkanes of at least 4 members (excludes halogenated alkanes) is 23. The average Bonchev–Trinajstić information content (AvgIpc) is 3.28. The maximum Gasteiger partial charge on any atom is 0.224 e. The van der Waals surface area contributed by atoms with Crippen LogP contribution in [0, 0.1) is 0 Å². The number of allylic oxidation sites excluding steroid dienone is 10. The second-order valence-electron chi connectivity index (χ2n) is 17.6. The average molecular weight is 886 g/mol. The van der Waals surface area contributed by atoms with Crippen molar-refractivity contribution in [1.82, 2.24) is 5.32 Å². The molecule has 1 heterocycles. The van der Waals surface area contributed by atoms with Crippen LogP contribution in [0.25, 0.3) is 0 Å². The summed E-state index contributed by atoms with van der Waals surface area (Å²) in [7, 11) is 0. The van der Waals surface area contributed by atoms with Gasteiger partial charge in [0.1, 0.15) is 24.4 Å². The first-order valence-electron chi connectivity index (χ1n) is 25.7. The van der Waals surface area contributed by atoms with Crippen LogP contribution in [0.3, 0.4) is 0 Å². The third-order valence-corrected chi connectivity index (χ3v) is 11.8. The molecule has 6 N–H and O–H groups in total. The molecule has 0 aliphatic carbocycles. The van der Waals surface area contributed by atoms with Crippen molar-refractivity contribution in [3.05, 3.63) is 72.9 Å². The zero-order valence-electron chi connectivity index (χ0n) is 40.1. The lowest BCUT2D eigenvalue weighted by molar-refractivity contribution is -0.302. The van der Waals surface area contributed by atoms with Crippen LogP contribution in [-0.2, 0) is 14.3 Å². The van der Waals surface area contributed by atoms with Crippen molar-refractivity contribution in [2.45, 2.75) is 249 Å². The number of hydrogen-bond donors (Lipinski definition) is 6. The molecule has 0 saturated carbocycles. The lowest BCUT2D eigenvalue weighted by Gasteiger charge is -2.40. The molecule has 0 bridgehead atoms. The third-order valence-electron chi connectivity index (χ3n) is 11.8. The Labute approximate surface area is 385 Å². The van der Waals surface area contributed by atoms with Crippen LogP contribution in [0.15, 0.2) is 72.9 Å². The van der Waals surface area contributed by atoms with Gasteiger partial charge in [0, 0.05) is 6.42 Å². The van der Waals surface area contributed by atoms with E-state index in [1.807, 2.05) is 12.2 Å². The predicted molar refractivity (Wildman–Crippen MR) is 262 cm³/mol. The summed E-state index contributed by atoms with van der Waals surface area (Å²) in [6.07, 6.45) is 52.8. The lowest BCUT2D eigenvalue weighted by atomic mass is 9.99. The van der Waals surface area contributed by atoms with Crippen molar-refractivity contribution in [2.75, 3.05) is 13.2 Å². The van der Waals surface area contributed by atoms with Gasteiger partial charge in [-0.3, -0.25) is 4.79 Å². The minimum atomic E-state index is -1.59. The summed E-state index contributed by atoms with van der Waals surface area (Å²) in [6, 6.07) is -0.863. The Morgan fingerprint density at radius 3 is 1.40 bits per heavy atom. The molecule has 1 aliphatic heterocycles. The zero-order chi connectivity index (χ0) is 45.9. The number of carbonyl (C=O) groups is 1. The third kappa shape index (κ3) is 33.7. The van der Waals surface area contributed by atoms with E-state index in [0.29, 0.717) is 6.42 Å². The zero-order valence-corrected chi connectivity index (χ0v) is 40.1. The van der Waals surface area contributed by atoms with Gasteiger partial charge in [-0.1, -0.05) is 228 Å². The summed E-state index contributed by atoms with van der Waals surface area (Å²) in [4.78, 5) is 12.9. The maximum absolute atomic E-state index is 12.9. The molecule has 0 aromatic carbocycles. The molecule has 1 amide bonds. The first-order chi connectivity index (χ1) is 30.8. The van der Waals surface area contributed by atoms with Crippen molar-refractivity contribution in [2.24, 2.45) is 0 Å². The Hall–Kier alpha value is -2.37. The number of nitrogens with one attached hydrogen (secondary N) is 1. The molecular formula is C54H95NO8. The number of amides is 1. The fourth-order valence-electron chi connectivity index (χ4n) is 7.75. The van der Waals surface area contributed by atoms with Gasteiger partial charge in [-0.15, -0.1) is 0 Å². The Balaban J connectivity index is 2.31. The number of aliphatic hydroxyl groups excluding tert-OH is 5. The molecule has 1 saturated heterocycles. The minimum Gasteiger partial charge on any atom is -0.394 e. The lowest BCUT2D eigenvalue weighted by Crippen LogP contribution is -2.60. The maximum atomic E-state index is 12.9. The minimum absolute atomic E-state index is 0.111. The van der Waals surface area contributed by atoms with E-state index in [0.717, 1.165) is 44.9 Å². The molecule has 7 atom stereocenters. The summed E-state index contributed by atoms with van der Waals surface area (Å²) in [5.74, 6) is -0.305. The van der Waals surface area contributed by atoms with E-state index in [2.05, 4.69) is 67.8 Å². The van der Waals surface area contributed by atoms with Gasteiger partial charge in [-0.2, -0.15) is 0 Å². The van der Waals surface area contributed by atoms with E-state index in [-0.39, 0.29) is 18.9 Å². The van der Waals surface area contributed by atoms with E-state index in [1.165, 1.54) is 135 Å². The van der Waals surface area contributed by atoms with E-state index < -0.39 is 49.5 Å². The number of carbonyl (C=O) groups excluding carboxylic acids is 1. The highest BCUT2D eigenvalue weighted by atomic mass is 16.7. The molecule has 364 valence electrons. The summed E-state index contributed by atoms with van der Waals surface area (Å²) in [5, 5.41) is 54.2. The summed E-state index contributed by atoms with van der Waals surface area (Å²) in [5.41, 5.74) is 0. The van der Waals surface area contributed by atoms with Crippen molar-refractivity contribution < 1.29 is 39.8 Å². The Morgan fingerprint density at radius 2 is 0.968 bits per heavy atom. The van der Waals surface area contributed by atoms with E-state index in [4.69, 9.17) is 9.47 Å². The highest BCUT2D eigenvalue weighted by molar-refractivity contribution is 5.77. The van der Waals surface area contributed by atoms with Crippen LogP contribution in [0.4, 0.5) is 0 Å². The number of hydrogen-bond acceptors (Lipinski definition) is 8. The van der Waals surface area contributed by atoms with Crippen molar-refractivity contribution >= 4 is 5.91 Å². The van der Waals surface area contributed by atoms with E-state index in [1.54, 1.807) is 12.2 Å². The highest BCUT2D eigenvalue weighted by Gasteiger charge is 2.44. The van der Waals surface area contributed by atoms with Gasteiger partial charge < -0.3 is 40.3 Å². The molecule has 9 nitrogen and oxygen atoms in total. The molecule has 7 unspecified atom stereocenters. The van der Waals surface area contributed by atoms with Crippen LogP contribution in [0.5, 0.6) is 0 Å². The normalized spacial score (nSPS) is 20.8. The number of ether oxygens (including phenoxy) is 2. The number of aliphatic hydroxyl groups is 5. The summed E-state index contributed by atoms with van der Waals surface area (Å²) < 4.78 is 11.2. The van der Waals surface area contributed by atoms with Gasteiger partial charge in [0.2, 0.25) is 5.91 Å². The Kier molecular flexibility index (Phi) is 40.5. The van der Waals surface area contributed by atoms with Crippen LogP contribution >= 0.6 is 0 Å². The monoisotopic (exact) mass is 886 g/mol. The smallest absolute Gasteiger partial charge is 0.224 e. The molecule has 63 heavy (non-hydrogen) atoms. The molecule has 0 aromatic rings. The predicted octanol–water partition coefficient (Wildman–Crippen LogP) is 11.7. The fraction of sp³-hybridized carbons (Fsp3) is 0.759. The molecule has 1 aliphatic rings. The van der Waals surface area contributed by atoms with Crippen LogP contribution < -0.4 is 5.32 Å². The molecular weight excluding hydrogens is 791 g/mol. The SMILES string of the molecule is CC/C=C\C/C=C\C/C=C\C/C=C\C/C=C\CC(=O)NC(COC1OC(CO)C(O)C(O)C1O)C(O)/C=C/CCCCCCCCCCCCCCCCCCCCCCCCC. The van der Waals surface area contributed by atoms with Gasteiger partial charge in [0.15, 0.2) is 6.29 Å². The van der Waals surface area contributed by atoms with Gasteiger partial charge >= 0.3 is 0 Å². The summed E-state index contributed by atoms with van der Waals surface area (Å²) in [6.45, 7) is 3.60. The first kappa shape index (κ1) is 58.6. The Morgan fingerprint density at radius 1 is 0.556 bits per heavy atom. The quantitative estimate of drug-likeness (QED) is 0.0262. The molecule has 1 fully saturated rings. The second-order valence-corrected chi connectivity index (χ2v) is 17.6. The largest absolute Gasteiger partial charge is 0.394 e. The standard InChI is InChI=1S/C54H95NO8/c1-3-5-7-9-11-13-15-17-19-20-21-22-23-24-25-26-27-28-30-31-33-35-37-39-41-43-48(57)47(46-62-54-53(61)52(60)51(59)49(45-56)63-54)55-50(58)44-42-40-38-36-34-32-29-18-16-14-12-10-8-6-4-2/h6,8,12,14,18,29,34,36,40-43,47-49,51-54,56-57,59-61H,3-5,7,9-11,13,15-17,19-28,30-33,35,37-39,44-46H2,1-2H3,(H,55,58)/b8-6-,14-12-,29-18-,36-34-,42-40-,43-41+. The van der Waals surface area contributed by atoms with Gasteiger partial charge in [0.05, 0.1) is 25.4 Å². The highest BCUT2D eigenvalue weighted by Crippen LogP contribution is 2.23. The van der Waals surface area contributed by atoms with Crippen molar-refractivity contribution in [3.63, 3.8) is 0 Å².